The number of nitrogens with one attached hydrogen (secondary N) is 1. The molecule has 0 aliphatic heterocycles. The molecule has 2 aromatic heterocycles. The lowest BCUT2D eigenvalue weighted by Crippen LogP contribution is -2.09. The first-order chi connectivity index (χ1) is 13.1. The van der Waals surface area contributed by atoms with Crippen molar-refractivity contribution in [3.05, 3.63) is 64.7 Å². The first kappa shape index (κ1) is 19.5. The van der Waals surface area contributed by atoms with E-state index in [0.717, 1.165) is 11.3 Å². The van der Waals surface area contributed by atoms with E-state index in [0.29, 0.717) is 40.2 Å². The number of aromatic nitrogens is 3. The summed E-state index contributed by atoms with van der Waals surface area (Å²) in [6, 6.07) is 10.1. The zero-order valence-corrected chi connectivity index (χ0v) is 16.2. The molecule has 0 spiro atoms. The lowest BCUT2D eigenvalue weighted by Gasteiger charge is -2.10. The summed E-state index contributed by atoms with van der Waals surface area (Å²) in [5, 5.41) is 13.4. The highest BCUT2D eigenvalue weighted by molar-refractivity contribution is 7.98. The first-order valence-electron chi connectivity index (χ1n) is 8.26. The highest BCUT2D eigenvalue weighted by Gasteiger charge is 2.09. The maximum absolute atomic E-state index is 13.9. The number of aliphatic hydroxyl groups excluding tert-OH is 1. The average Bonchev–Trinajstić information content (AvgIpc) is 2.70. The molecule has 0 unspecified atom stereocenters. The fourth-order valence-electron chi connectivity index (χ4n) is 2.51. The third-order valence-electron chi connectivity index (χ3n) is 3.91. The molecule has 2 heterocycles. The molecule has 0 radical (unpaired) electrons. The number of anilines is 1. The van der Waals surface area contributed by atoms with Gasteiger partial charge in [-0.25, -0.2) is 14.4 Å². The Morgan fingerprint density at radius 3 is 2.74 bits per heavy atom. The molecule has 5 nitrogen and oxygen atoms in total. The Bertz CT molecular complexity index is 904. The van der Waals surface area contributed by atoms with Crippen molar-refractivity contribution in [1.29, 1.82) is 0 Å². The van der Waals surface area contributed by atoms with E-state index in [4.69, 9.17) is 16.7 Å². The van der Waals surface area contributed by atoms with Gasteiger partial charge >= 0.3 is 0 Å². The van der Waals surface area contributed by atoms with Crippen molar-refractivity contribution >= 4 is 29.2 Å². The van der Waals surface area contributed by atoms with Crippen molar-refractivity contribution in [3.8, 4) is 11.3 Å². The molecule has 3 rings (SSSR count). The third-order valence-corrected chi connectivity index (χ3v) is 4.82. The quantitative estimate of drug-likeness (QED) is 0.454. The molecule has 8 heteroatoms. The highest BCUT2D eigenvalue weighted by atomic mass is 35.5. The molecule has 0 bridgehead atoms. The second-order valence-corrected chi connectivity index (χ2v) is 6.88. The maximum Gasteiger partial charge on any atom is 0.189 e. The Labute approximate surface area is 166 Å². The maximum atomic E-state index is 13.9. The van der Waals surface area contributed by atoms with Crippen LogP contribution in [0.5, 0.6) is 0 Å². The van der Waals surface area contributed by atoms with E-state index in [1.165, 1.54) is 17.8 Å². The monoisotopic (exact) mass is 404 g/mol. The number of hydrogen-bond donors (Lipinski definition) is 2. The van der Waals surface area contributed by atoms with Crippen LogP contribution in [0.1, 0.15) is 11.3 Å². The number of rotatable bonds is 7. The second kappa shape index (κ2) is 9.12. The Morgan fingerprint density at radius 2 is 2.07 bits per heavy atom. The highest BCUT2D eigenvalue weighted by Crippen LogP contribution is 2.23. The summed E-state index contributed by atoms with van der Waals surface area (Å²) < 4.78 is 13.9. The van der Waals surface area contributed by atoms with E-state index < -0.39 is 0 Å². The molecule has 0 amide bonds. The van der Waals surface area contributed by atoms with Crippen LogP contribution in [0.2, 0.25) is 5.02 Å². The molecule has 2 N–H and O–H groups in total. The van der Waals surface area contributed by atoms with Gasteiger partial charge in [-0.3, -0.25) is 4.98 Å². The van der Waals surface area contributed by atoms with Gasteiger partial charge in [-0.2, -0.15) is 0 Å². The predicted molar refractivity (Wildman–Crippen MR) is 107 cm³/mol. The number of hydrogen-bond acceptors (Lipinski definition) is 6. The molecule has 0 aliphatic rings. The summed E-state index contributed by atoms with van der Waals surface area (Å²) >= 11 is 7.50. The summed E-state index contributed by atoms with van der Waals surface area (Å²) in [7, 11) is 0. The number of aliphatic hydroxyl groups is 1. The molecule has 0 saturated carbocycles. The standard InChI is InChI=1S/C19H18ClFN4OS/c1-27-19-24-17(12-5-6-13(11-26)23-10-12)9-18(25-19)22-8-7-14-15(20)3-2-4-16(14)21/h2-6,9-10,26H,7-8,11H2,1H3,(H,22,24,25). The lowest BCUT2D eigenvalue weighted by atomic mass is 10.1. The molecular formula is C19H18ClFN4OS. The van der Waals surface area contributed by atoms with E-state index in [-0.39, 0.29) is 12.4 Å². The lowest BCUT2D eigenvalue weighted by molar-refractivity contribution is 0.277. The van der Waals surface area contributed by atoms with Crippen LogP contribution in [-0.4, -0.2) is 32.9 Å². The van der Waals surface area contributed by atoms with Gasteiger partial charge in [0.05, 0.1) is 18.0 Å². The van der Waals surface area contributed by atoms with Crippen molar-refractivity contribution in [3.63, 3.8) is 0 Å². The molecular weight excluding hydrogens is 387 g/mol. The number of pyridine rings is 1. The Hall–Kier alpha value is -2.22. The Balaban J connectivity index is 1.77. The smallest absolute Gasteiger partial charge is 0.189 e. The number of benzene rings is 1. The van der Waals surface area contributed by atoms with Crippen LogP contribution >= 0.6 is 23.4 Å². The minimum absolute atomic E-state index is 0.106. The van der Waals surface area contributed by atoms with E-state index in [1.807, 2.05) is 18.4 Å². The minimum atomic E-state index is -0.312. The van der Waals surface area contributed by atoms with Crippen LogP contribution < -0.4 is 5.32 Å². The summed E-state index contributed by atoms with van der Waals surface area (Å²) in [4.78, 5) is 13.1. The van der Waals surface area contributed by atoms with E-state index >= 15 is 0 Å². The van der Waals surface area contributed by atoms with Crippen LogP contribution in [-0.2, 0) is 13.0 Å². The fourth-order valence-corrected chi connectivity index (χ4v) is 3.15. The zero-order valence-electron chi connectivity index (χ0n) is 14.6. The van der Waals surface area contributed by atoms with Crippen molar-refractivity contribution < 1.29 is 9.50 Å². The largest absolute Gasteiger partial charge is 0.390 e. The Morgan fingerprint density at radius 1 is 1.22 bits per heavy atom. The van der Waals surface area contributed by atoms with Gasteiger partial charge in [-0.1, -0.05) is 29.4 Å². The van der Waals surface area contributed by atoms with Gasteiger partial charge < -0.3 is 10.4 Å². The molecule has 0 aliphatic carbocycles. The third kappa shape index (κ3) is 4.94. The molecule has 140 valence electrons. The number of thioether (sulfide) groups is 1. The van der Waals surface area contributed by atoms with Gasteiger partial charge in [-0.15, -0.1) is 0 Å². The predicted octanol–water partition coefficient (Wildman–Crippen LogP) is 4.20. The van der Waals surface area contributed by atoms with E-state index in [2.05, 4.69) is 20.3 Å². The SMILES string of the molecule is CSc1nc(NCCc2c(F)cccc2Cl)cc(-c2ccc(CO)nc2)n1. The van der Waals surface area contributed by atoms with Gasteiger partial charge in [0.1, 0.15) is 11.6 Å². The van der Waals surface area contributed by atoms with Crippen LogP contribution in [0, 0.1) is 5.82 Å². The van der Waals surface area contributed by atoms with Crippen molar-refractivity contribution in [2.75, 3.05) is 18.1 Å². The molecule has 1 aromatic carbocycles. The molecule has 0 fully saturated rings. The Kier molecular flexibility index (Phi) is 6.60. The minimum Gasteiger partial charge on any atom is -0.390 e. The summed E-state index contributed by atoms with van der Waals surface area (Å²) in [6.07, 6.45) is 4.00. The summed E-state index contributed by atoms with van der Waals surface area (Å²) in [5.74, 6) is 0.329. The number of halogens is 2. The van der Waals surface area contributed by atoms with E-state index in [9.17, 15) is 4.39 Å². The van der Waals surface area contributed by atoms with Gasteiger partial charge in [-0.05, 0) is 36.9 Å². The van der Waals surface area contributed by atoms with Crippen LogP contribution in [0.25, 0.3) is 11.3 Å². The van der Waals surface area contributed by atoms with Gasteiger partial charge in [0.25, 0.3) is 0 Å². The van der Waals surface area contributed by atoms with Gasteiger partial charge in [0, 0.05) is 35.0 Å². The normalized spacial score (nSPS) is 10.8. The average molecular weight is 405 g/mol. The van der Waals surface area contributed by atoms with Crippen molar-refractivity contribution in [2.45, 2.75) is 18.2 Å². The number of nitrogens with zero attached hydrogens (tertiary/aromatic N) is 3. The second-order valence-electron chi connectivity index (χ2n) is 5.70. The summed E-state index contributed by atoms with van der Waals surface area (Å²) in [5.41, 5.74) is 2.62. The van der Waals surface area contributed by atoms with E-state index in [1.54, 1.807) is 24.4 Å². The molecule has 0 atom stereocenters. The van der Waals surface area contributed by atoms with Crippen LogP contribution in [0.3, 0.4) is 0 Å². The van der Waals surface area contributed by atoms with Crippen LogP contribution in [0.15, 0.2) is 47.8 Å². The van der Waals surface area contributed by atoms with Crippen molar-refractivity contribution in [2.24, 2.45) is 0 Å². The zero-order chi connectivity index (χ0) is 19.2. The van der Waals surface area contributed by atoms with Crippen LogP contribution in [0.4, 0.5) is 10.2 Å². The van der Waals surface area contributed by atoms with Gasteiger partial charge in [0.2, 0.25) is 0 Å². The van der Waals surface area contributed by atoms with Gasteiger partial charge in [0.15, 0.2) is 5.16 Å². The van der Waals surface area contributed by atoms with Crippen molar-refractivity contribution in [1.82, 2.24) is 15.0 Å². The first-order valence-corrected chi connectivity index (χ1v) is 9.87. The fraction of sp³-hybridized carbons (Fsp3) is 0.211. The topological polar surface area (TPSA) is 70.9 Å². The molecule has 0 saturated heterocycles. The summed E-state index contributed by atoms with van der Waals surface area (Å²) in [6.45, 7) is 0.373. The molecule has 3 aromatic rings. The molecule has 27 heavy (non-hydrogen) atoms.